The largest absolute Gasteiger partial charge is 0.497 e. The standard InChI is InChI=1S/C22H26O3/c1-4-22-12-11-18-17-8-6-16(24-3)13-15(17)5-7-19(18)20(22)9-10-21(22)25-14(2)23/h6,8-9,13,21H,4-5,7,10-12H2,1-3H3. The van der Waals surface area contributed by atoms with Crippen LogP contribution in [-0.4, -0.2) is 19.2 Å². The summed E-state index contributed by atoms with van der Waals surface area (Å²) >= 11 is 0. The van der Waals surface area contributed by atoms with Crippen LogP contribution in [0.5, 0.6) is 5.75 Å². The van der Waals surface area contributed by atoms with Gasteiger partial charge in [0.1, 0.15) is 11.9 Å². The molecule has 3 aliphatic rings. The first kappa shape index (κ1) is 16.4. The summed E-state index contributed by atoms with van der Waals surface area (Å²) < 4.78 is 11.1. The number of hydrogen-bond acceptors (Lipinski definition) is 3. The van der Waals surface area contributed by atoms with Gasteiger partial charge in [0.05, 0.1) is 7.11 Å². The first-order chi connectivity index (χ1) is 12.1. The van der Waals surface area contributed by atoms with E-state index in [1.54, 1.807) is 7.11 Å². The zero-order valence-corrected chi connectivity index (χ0v) is 15.4. The molecule has 2 atom stereocenters. The minimum Gasteiger partial charge on any atom is -0.497 e. The fraction of sp³-hybridized carbons (Fsp3) is 0.500. The van der Waals surface area contributed by atoms with Crippen molar-refractivity contribution in [1.29, 1.82) is 0 Å². The predicted octanol–water partition coefficient (Wildman–Crippen LogP) is 4.85. The second-order valence-electron chi connectivity index (χ2n) is 7.44. The third-order valence-electron chi connectivity index (χ3n) is 6.42. The average molecular weight is 338 g/mol. The minimum absolute atomic E-state index is 0.0105. The molecule has 0 fully saturated rings. The molecule has 3 aliphatic carbocycles. The summed E-state index contributed by atoms with van der Waals surface area (Å²) in [6.07, 6.45) is 8.51. The first-order valence-electron chi connectivity index (χ1n) is 9.36. The summed E-state index contributed by atoms with van der Waals surface area (Å²) in [6.45, 7) is 3.77. The summed E-state index contributed by atoms with van der Waals surface area (Å²) in [6, 6.07) is 6.48. The number of ether oxygens (including phenoxy) is 2. The molecule has 0 amide bonds. The molecule has 0 heterocycles. The smallest absolute Gasteiger partial charge is 0.302 e. The van der Waals surface area contributed by atoms with Crippen LogP contribution in [0.2, 0.25) is 0 Å². The van der Waals surface area contributed by atoms with Gasteiger partial charge in [0.25, 0.3) is 0 Å². The molecule has 0 saturated carbocycles. The fourth-order valence-electron chi connectivity index (χ4n) is 5.20. The number of fused-ring (bicyclic) bond motifs is 4. The Hall–Kier alpha value is -2.03. The number of rotatable bonds is 3. The molecule has 0 aliphatic heterocycles. The van der Waals surface area contributed by atoms with Crippen LogP contribution in [-0.2, 0) is 16.0 Å². The second-order valence-corrected chi connectivity index (χ2v) is 7.44. The maximum atomic E-state index is 11.6. The molecule has 0 radical (unpaired) electrons. The Kier molecular flexibility index (Phi) is 3.98. The van der Waals surface area contributed by atoms with E-state index in [0.29, 0.717) is 0 Å². The van der Waals surface area contributed by atoms with E-state index < -0.39 is 0 Å². The molecular formula is C22H26O3. The molecule has 4 rings (SSSR count). The van der Waals surface area contributed by atoms with Crippen LogP contribution in [0.25, 0.3) is 5.57 Å². The summed E-state index contributed by atoms with van der Waals surface area (Å²) in [4.78, 5) is 11.6. The van der Waals surface area contributed by atoms with Crippen LogP contribution in [0.3, 0.4) is 0 Å². The summed E-state index contributed by atoms with van der Waals surface area (Å²) in [5.74, 6) is 0.782. The van der Waals surface area contributed by atoms with Gasteiger partial charge in [-0.3, -0.25) is 4.79 Å². The molecule has 2 unspecified atom stereocenters. The number of aryl methyl sites for hydroxylation is 1. The minimum atomic E-state index is -0.159. The molecule has 132 valence electrons. The molecule has 1 aromatic rings. The Balaban J connectivity index is 1.75. The third kappa shape index (κ3) is 2.44. The highest BCUT2D eigenvalue weighted by molar-refractivity contribution is 5.79. The monoisotopic (exact) mass is 338 g/mol. The summed E-state index contributed by atoms with van der Waals surface area (Å²) in [5, 5.41) is 0. The van der Waals surface area contributed by atoms with Gasteiger partial charge in [0, 0.05) is 18.8 Å². The van der Waals surface area contributed by atoms with Gasteiger partial charge in [-0.2, -0.15) is 0 Å². The number of carbonyl (C=O) groups is 1. The first-order valence-corrected chi connectivity index (χ1v) is 9.36. The predicted molar refractivity (Wildman–Crippen MR) is 98.4 cm³/mol. The van der Waals surface area contributed by atoms with Gasteiger partial charge < -0.3 is 9.47 Å². The molecule has 0 spiro atoms. The quantitative estimate of drug-likeness (QED) is 0.739. The van der Waals surface area contributed by atoms with E-state index in [0.717, 1.165) is 44.3 Å². The van der Waals surface area contributed by atoms with Crippen molar-refractivity contribution >= 4 is 11.5 Å². The van der Waals surface area contributed by atoms with Crippen molar-refractivity contribution < 1.29 is 14.3 Å². The molecule has 0 saturated heterocycles. The topological polar surface area (TPSA) is 35.5 Å². The molecule has 1 aromatic carbocycles. The van der Waals surface area contributed by atoms with Gasteiger partial charge in [0.15, 0.2) is 0 Å². The van der Waals surface area contributed by atoms with Gasteiger partial charge in [-0.15, -0.1) is 0 Å². The van der Waals surface area contributed by atoms with E-state index in [9.17, 15) is 4.79 Å². The number of benzene rings is 1. The maximum Gasteiger partial charge on any atom is 0.302 e. The SMILES string of the molecule is CCC12CCC3=C(CCc4cc(OC)ccc43)C1=CCC2OC(C)=O. The van der Waals surface area contributed by atoms with Gasteiger partial charge in [-0.25, -0.2) is 0 Å². The number of hydrogen-bond donors (Lipinski definition) is 0. The van der Waals surface area contributed by atoms with Gasteiger partial charge in [-0.05, 0) is 72.1 Å². The van der Waals surface area contributed by atoms with E-state index >= 15 is 0 Å². The molecular weight excluding hydrogens is 312 g/mol. The lowest BCUT2D eigenvalue weighted by atomic mass is 9.63. The Labute approximate surface area is 149 Å². The highest BCUT2D eigenvalue weighted by Gasteiger charge is 2.49. The zero-order chi connectivity index (χ0) is 17.6. The Morgan fingerprint density at radius 1 is 1.24 bits per heavy atom. The summed E-state index contributed by atoms with van der Waals surface area (Å²) in [5.41, 5.74) is 7.29. The highest BCUT2D eigenvalue weighted by Crippen LogP contribution is 2.58. The summed E-state index contributed by atoms with van der Waals surface area (Å²) in [7, 11) is 1.73. The normalized spacial score (nSPS) is 27.2. The lowest BCUT2D eigenvalue weighted by Crippen LogP contribution is -2.38. The molecule has 25 heavy (non-hydrogen) atoms. The van der Waals surface area contributed by atoms with Gasteiger partial charge in [-0.1, -0.05) is 19.1 Å². The second kappa shape index (κ2) is 6.05. The highest BCUT2D eigenvalue weighted by atomic mass is 16.5. The van der Waals surface area contributed by atoms with Crippen LogP contribution in [0.1, 0.15) is 57.1 Å². The number of esters is 1. The van der Waals surface area contributed by atoms with Crippen LogP contribution in [0, 0.1) is 5.41 Å². The van der Waals surface area contributed by atoms with Crippen LogP contribution < -0.4 is 4.74 Å². The Bertz CT molecular complexity index is 786. The molecule has 3 nitrogen and oxygen atoms in total. The van der Waals surface area contributed by atoms with Gasteiger partial charge >= 0.3 is 5.97 Å². The van der Waals surface area contributed by atoms with Crippen molar-refractivity contribution in [2.75, 3.05) is 7.11 Å². The third-order valence-corrected chi connectivity index (χ3v) is 6.42. The average Bonchev–Trinajstić information content (AvgIpc) is 2.99. The van der Waals surface area contributed by atoms with Crippen molar-refractivity contribution in [1.82, 2.24) is 0 Å². The Morgan fingerprint density at radius 2 is 2.08 bits per heavy atom. The number of carbonyl (C=O) groups excluding carboxylic acids is 1. The van der Waals surface area contributed by atoms with Crippen molar-refractivity contribution in [2.24, 2.45) is 5.41 Å². The van der Waals surface area contributed by atoms with Crippen molar-refractivity contribution in [3.8, 4) is 5.75 Å². The maximum absolute atomic E-state index is 11.6. The molecule has 0 N–H and O–H groups in total. The van der Waals surface area contributed by atoms with Crippen molar-refractivity contribution in [2.45, 2.75) is 58.5 Å². The van der Waals surface area contributed by atoms with Crippen LogP contribution >= 0.6 is 0 Å². The fourth-order valence-corrected chi connectivity index (χ4v) is 5.20. The molecule has 0 aromatic heterocycles. The van der Waals surface area contributed by atoms with E-state index in [-0.39, 0.29) is 17.5 Å². The van der Waals surface area contributed by atoms with E-state index in [1.165, 1.54) is 34.8 Å². The van der Waals surface area contributed by atoms with Gasteiger partial charge in [0.2, 0.25) is 0 Å². The van der Waals surface area contributed by atoms with E-state index in [1.807, 2.05) is 0 Å². The van der Waals surface area contributed by atoms with E-state index in [4.69, 9.17) is 9.47 Å². The lowest BCUT2D eigenvalue weighted by molar-refractivity contribution is -0.151. The lowest BCUT2D eigenvalue weighted by Gasteiger charge is -2.43. The van der Waals surface area contributed by atoms with Crippen molar-refractivity contribution in [3.05, 3.63) is 46.5 Å². The van der Waals surface area contributed by atoms with E-state index in [2.05, 4.69) is 31.2 Å². The number of methoxy groups -OCH3 is 1. The van der Waals surface area contributed by atoms with Crippen LogP contribution in [0.4, 0.5) is 0 Å². The molecule has 0 bridgehead atoms. The Morgan fingerprint density at radius 3 is 2.80 bits per heavy atom. The van der Waals surface area contributed by atoms with Crippen LogP contribution in [0.15, 0.2) is 35.4 Å². The zero-order valence-electron chi connectivity index (χ0n) is 15.4. The number of allylic oxidation sites excluding steroid dienone is 2. The molecule has 3 heteroatoms. The van der Waals surface area contributed by atoms with Crippen molar-refractivity contribution in [3.63, 3.8) is 0 Å².